The number of alkyl halides is 21. The maximum atomic E-state index is 12.9. The van der Waals surface area contributed by atoms with Crippen LogP contribution in [0.1, 0.15) is 62.3 Å². The molecule has 0 aliphatic rings. The maximum absolute atomic E-state index is 12.9. The molecule has 0 heterocycles. The van der Waals surface area contributed by atoms with Gasteiger partial charge in [0.15, 0.2) is 34.6 Å². The van der Waals surface area contributed by atoms with E-state index in [1.807, 2.05) is 0 Å². The summed E-state index contributed by atoms with van der Waals surface area (Å²) in [6.07, 6.45) is -20.7. The minimum Gasteiger partial charge on any atom is -0.506 e. The third-order valence-electron chi connectivity index (χ3n) is 6.24. The fourth-order valence-electron chi connectivity index (χ4n) is 2.31. The second-order valence-corrected chi connectivity index (χ2v) is 14.4. The van der Waals surface area contributed by atoms with Gasteiger partial charge < -0.3 is 15.3 Å². The Morgan fingerprint density at radius 3 is 0.534 bits per heavy atom. The molecular formula is C30H33F21O6Yb. The number of carbonyl (C=O) groups excluding carboxylic acids is 3. The van der Waals surface area contributed by atoms with Crippen molar-refractivity contribution in [2.75, 3.05) is 0 Å². The van der Waals surface area contributed by atoms with Crippen LogP contribution in [-0.2, 0) is 14.4 Å². The van der Waals surface area contributed by atoms with Crippen molar-refractivity contribution < 1.29 is 169 Å². The number of aliphatic hydroxyl groups is 3. The zero-order valence-electron chi connectivity index (χ0n) is 30.5. The number of hydrogen-bond acceptors (Lipinski definition) is 6. The summed E-state index contributed by atoms with van der Waals surface area (Å²) in [6, 6.07) is 0. The first-order valence-corrected chi connectivity index (χ1v) is 14.5. The van der Waals surface area contributed by atoms with Gasteiger partial charge >= 0.3 is 54.1 Å². The summed E-state index contributed by atoms with van der Waals surface area (Å²) < 4.78 is 259. The van der Waals surface area contributed by atoms with Crippen molar-refractivity contribution in [2.45, 2.75) is 116 Å². The molecule has 0 bridgehead atoms. The summed E-state index contributed by atoms with van der Waals surface area (Å²) in [5.74, 6) is -48.8. The molecule has 0 saturated heterocycles. The summed E-state index contributed by atoms with van der Waals surface area (Å²) in [7, 11) is 0. The van der Waals surface area contributed by atoms with Gasteiger partial charge in [-0.2, -0.15) is 92.2 Å². The second-order valence-electron chi connectivity index (χ2n) is 14.4. The summed E-state index contributed by atoms with van der Waals surface area (Å²) in [5.41, 5.74) is -3.97. The molecule has 0 aliphatic heterocycles. The zero-order chi connectivity index (χ0) is 47.6. The van der Waals surface area contributed by atoms with Gasteiger partial charge in [-0.1, -0.05) is 62.3 Å². The van der Waals surface area contributed by atoms with Crippen LogP contribution in [0.5, 0.6) is 0 Å². The molecular weight excluding hydrogens is 1030 g/mol. The van der Waals surface area contributed by atoms with Gasteiger partial charge in [-0.25, -0.2) is 0 Å². The molecule has 0 fully saturated rings. The van der Waals surface area contributed by atoms with Gasteiger partial charge in [0, 0.05) is 81.4 Å². The Hall–Kier alpha value is -2.32. The van der Waals surface area contributed by atoms with E-state index < -0.39 is 105 Å². The van der Waals surface area contributed by atoms with Gasteiger partial charge in [0.05, 0.1) is 0 Å². The molecule has 28 heteroatoms. The fraction of sp³-hybridized carbons (Fsp3) is 0.700. The van der Waals surface area contributed by atoms with Crippen LogP contribution in [-0.4, -0.2) is 86.7 Å². The van der Waals surface area contributed by atoms with E-state index in [-0.39, 0.29) is 65.2 Å². The summed E-state index contributed by atoms with van der Waals surface area (Å²) >= 11 is 0. The van der Waals surface area contributed by atoms with Crippen molar-refractivity contribution >= 4 is 17.3 Å². The van der Waals surface area contributed by atoms with Crippen LogP contribution in [0.15, 0.2) is 35.5 Å². The normalized spacial score (nSPS) is 15.3. The number of rotatable bonds is 9. The van der Waals surface area contributed by atoms with Crippen molar-refractivity contribution in [3.63, 3.8) is 0 Å². The molecule has 6 nitrogen and oxygen atoms in total. The molecule has 0 spiro atoms. The Balaban J connectivity index is -0.000000374. The summed E-state index contributed by atoms with van der Waals surface area (Å²) in [4.78, 5) is 33.6. The first kappa shape index (κ1) is 62.3. The van der Waals surface area contributed by atoms with E-state index in [0.717, 1.165) is 0 Å². The van der Waals surface area contributed by atoms with Gasteiger partial charge in [-0.3, -0.25) is 14.4 Å². The van der Waals surface area contributed by atoms with Crippen molar-refractivity contribution in [1.82, 2.24) is 0 Å². The number of carbonyl (C=O) groups is 3. The quantitative estimate of drug-likeness (QED) is 0.120. The van der Waals surface area contributed by atoms with Gasteiger partial charge in [-0.15, -0.1) is 0 Å². The predicted octanol–water partition coefficient (Wildman–Crippen LogP) is 11.6. The molecule has 0 rings (SSSR count). The molecule has 0 saturated carbocycles. The fourth-order valence-corrected chi connectivity index (χ4v) is 2.31. The molecule has 0 unspecified atom stereocenters. The smallest absolute Gasteiger partial charge is 0.460 e. The molecule has 58 heavy (non-hydrogen) atoms. The Bertz CT molecular complexity index is 1350. The molecule has 0 atom stereocenters. The zero-order valence-corrected chi connectivity index (χ0v) is 32.2. The number of aliphatic hydroxyl groups excluding tert-OH is 3. The molecule has 3 N–H and O–H groups in total. The molecule has 0 aromatic rings. The Morgan fingerprint density at radius 1 is 0.328 bits per heavy atom. The van der Waals surface area contributed by atoms with Crippen LogP contribution in [0.25, 0.3) is 0 Å². The largest absolute Gasteiger partial charge is 0.506 e. The number of halogens is 21. The van der Waals surface area contributed by atoms with Crippen LogP contribution in [0.4, 0.5) is 92.2 Å². The van der Waals surface area contributed by atoms with Gasteiger partial charge in [0.1, 0.15) is 0 Å². The topological polar surface area (TPSA) is 112 Å². The minimum atomic E-state index is -6.57. The Labute approximate surface area is 352 Å². The number of allylic oxidation sites excluding steroid dienone is 6. The summed E-state index contributed by atoms with van der Waals surface area (Å²) in [5, 5.41) is 26.2. The molecule has 0 amide bonds. The van der Waals surface area contributed by atoms with E-state index in [0.29, 0.717) is 0 Å². The maximum Gasteiger partial charge on any atom is 0.460 e. The molecule has 0 aromatic carbocycles. The van der Waals surface area contributed by atoms with Crippen LogP contribution in [0.2, 0.25) is 0 Å². The average Bonchev–Trinajstić information content (AvgIpc) is 2.93. The molecule has 350 valence electrons. The first-order valence-electron chi connectivity index (χ1n) is 14.5. The van der Waals surface area contributed by atoms with Crippen LogP contribution >= 0.6 is 0 Å². The van der Waals surface area contributed by atoms with E-state index in [2.05, 4.69) is 0 Å². The van der Waals surface area contributed by atoms with E-state index in [1.165, 1.54) is 62.3 Å². The van der Waals surface area contributed by atoms with Crippen LogP contribution < -0.4 is 0 Å². The van der Waals surface area contributed by atoms with Crippen molar-refractivity contribution in [3.05, 3.63) is 35.5 Å². The average molecular weight is 1060 g/mol. The van der Waals surface area contributed by atoms with E-state index >= 15 is 0 Å². The molecule has 0 radical (unpaired) electrons. The van der Waals surface area contributed by atoms with Gasteiger partial charge in [0.25, 0.3) is 0 Å². The first-order chi connectivity index (χ1) is 24.1. The van der Waals surface area contributed by atoms with E-state index in [4.69, 9.17) is 15.3 Å². The van der Waals surface area contributed by atoms with E-state index in [9.17, 15) is 107 Å². The Kier molecular flexibility index (Phi) is 20.6. The minimum absolute atomic E-state index is 0. The third kappa shape index (κ3) is 15.0. The van der Waals surface area contributed by atoms with Gasteiger partial charge in [0.2, 0.25) is 0 Å². The summed E-state index contributed by atoms with van der Waals surface area (Å²) in [6.45, 7) is 10.9. The third-order valence-corrected chi connectivity index (χ3v) is 6.24. The molecule has 0 aromatic heterocycles. The SMILES string of the molecule is CC(C)(C)C(=O)/C=C(\O)C(F)(F)C(F)(F)C(F)(F)F.CC(C)(C)C(=O)/C=C(\O)C(F)(F)C(F)(F)C(F)(F)F.CC(C)(C)C(=O)/C=C(\O)C(F)(F)C(F)(F)C(F)(F)F.[Yb]. The monoisotopic (exact) mass is 1060 g/mol. The predicted molar refractivity (Wildman–Crippen MR) is 153 cm³/mol. The van der Waals surface area contributed by atoms with Crippen molar-refractivity contribution in [2.24, 2.45) is 16.2 Å². The van der Waals surface area contributed by atoms with Crippen molar-refractivity contribution in [1.29, 1.82) is 0 Å². The number of ketones is 3. The van der Waals surface area contributed by atoms with E-state index in [1.54, 1.807) is 0 Å². The van der Waals surface area contributed by atoms with Crippen molar-refractivity contribution in [3.8, 4) is 0 Å². The van der Waals surface area contributed by atoms with Crippen LogP contribution in [0, 0.1) is 63.2 Å². The second kappa shape index (κ2) is 19.2. The van der Waals surface area contributed by atoms with Crippen LogP contribution in [0.3, 0.4) is 0 Å². The molecule has 0 aliphatic carbocycles. The standard InChI is InChI=1S/3C10H11F7O2.Yb/c3*1-7(2,3)5(18)4-6(19)8(11,12)9(13,14)10(15,16)17;/h3*4,19H,1-3H3;/b3*6-4-;. The number of hydrogen-bond donors (Lipinski definition) is 3. The van der Waals surface area contributed by atoms with Gasteiger partial charge in [-0.05, 0) is 0 Å². The Morgan fingerprint density at radius 2 is 0.448 bits per heavy atom.